The Bertz CT molecular complexity index is 316. The Kier molecular flexibility index (Phi) is 5.39. The van der Waals surface area contributed by atoms with Gasteiger partial charge in [0.2, 0.25) is 0 Å². The first-order chi connectivity index (χ1) is 7.52. The lowest BCUT2D eigenvalue weighted by molar-refractivity contribution is 0.578. The van der Waals surface area contributed by atoms with Gasteiger partial charge in [0.05, 0.1) is 0 Å². The van der Waals surface area contributed by atoms with Crippen molar-refractivity contribution in [3.05, 3.63) is 11.9 Å². The van der Waals surface area contributed by atoms with Crippen molar-refractivity contribution in [2.45, 2.75) is 51.6 Å². The number of aromatic nitrogens is 2. The molecule has 0 N–H and O–H groups in total. The molecule has 0 aromatic carbocycles. The summed E-state index contributed by atoms with van der Waals surface area (Å²) in [6.45, 7) is 8.99. The minimum atomic E-state index is 0.558. The lowest BCUT2D eigenvalue weighted by Gasteiger charge is -2.08. The highest BCUT2D eigenvalue weighted by Crippen LogP contribution is 2.23. The standard InChI is InChI=1S/C13H24N2S/c1-10(2)7-6-8-16-13-14-9-12(11(3)4)15(13)5/h9-11H,6-8H2,1-5H3. The van der Waals surface area contributed by atoms with Gasteiger partial charge in [0.25, 0.3) is 0 Å². The third-order valence-electron chi connectivity index (χ3n) is 2.73. The molecule has 1 aromatic heterocycles. The molecule has 0 aliphatic rings. The van der Waals surface area contributed by atoms with E-state index in [1.54, 1.807) is 0 Å². The fourth-order valence-corrected chi connectivity index (χ4v) is 2.65. The van der Waals surface area contributed by atoms with E-state index in [-0.39, 0.29) is 0 Å². The fraction of sp³-hybridized carbons (Fsp3) is 0.769. The van der Waals surface area contributed by atoms with Gasteiger partial charge in [-0.15, -0.1) is 0 Å². The summed E-state index contributed by atoms with van der Waals surface area (Å²) in [6.07, 6.45) is 4.61. The second-order valence-corrected chi connectivity index (χ2v) is 6.13. The number of hydrogen-bond acceptors (Lipinski definition) is 2. The van der Waals surface area contributed by atoms with Crippen molar-refractivity contribution >= 4 is 11.8 Å². The normalized spacial score (nSPS) is 11.7. The van der Waals surface area contributed by atoms with Gasteiger partial charge < -0.3 is 4.57 Å². The summed E-state index contributed by atoms with van der Waals surface area (Å²) in [4.78, 5) is 4.48. The van der Waals surface area contributed by atoms with Crippen LogP contribution in [-0.2, 0) is 7.05 Å². The molecule has 3 heteroatoms. The third-order valence-corrected chi connectivity index (χ3v) is 3.86. The zero-order valence-electron chi connectivity index (χ0n) is 11.2. The van der Waals surface area contributed by atoms with Crippen LogP contribution in [0.5, 0.6) is 0 Å². The van der Waals surface area contributed by atoms with E-state index < -0.39 is 0 Å². The van der Waals surface area contributed by atoms with E-state index in [9.17, 15) is 0 Å². The Balaban J connectivity index is 2.43. The summed E-state index contributed by atoms with van der Waals surface area (Å²) in [7, 11) is 2.12. The molecule has 0 saturated heterocycles. The molecule has 92 valence electrons. The second kappa shape index (κ2) is 6.33. The Morgan fingerprint density at radius 2 is 2.00 bits per heavy atom. The summed E-state index contributed by atoms with van der Waals surface area (Å²) in [5.41, 5.74) is 1.33. The summed E-state index contributed by atoms with van der Waals surface area (Å²) in [5.74, 6) is 2.55. The molecule has 0 aliphatic heterocycles. The van der Waals surface area contributed by atoms with Gasteiger partial charge >= 0.3 is 0 Å². The van der Waals surface area contributed by atoms with Crippen LogP contribution in [0.15, 0.2) is 11.4 Å². The Hall–Kier alpha value is -0.440. The van der Waals surface area contributed by atoms with Crippen LogP contribution in [0.2, 0.25) is 0 Å². The predicted octanol–water partition coefficient (Wildman–Crippen LogP) is 4.07. The van der Waals surface area contributed by atoms with E-state index in [1.165, 1.54) is 24.3 Å². The number of nitrogens with zero attached hydrogens (tertiary/aromatic N) is 2. The van der Waals surface area contributed by atoms with Crippen molar-refractivity contribution < 1.29 is 0 Å². The van der Waals surface area contributed by atoms with Crippen molar-refractivity contribution in [3.63, 3.8) is 0 Å². The Morgan fingerprint density at radius 3 is 2.50 bits per heavy atom. The molecule has 1 rings (SSSR count). The number of rotatable bonds is 6. The van der Waals surface area contributed by atoms with E-state index in [4.69, 9.17) is 0 Å². The lowest BCUT2D eigenvalue weighted by Crippen LogP contribution is -2.00. The molecular weight excluding hydrogens is 216 g/mol. The first-order valence-electron chi connectivity index (χ1n) is 6.16. The molecule has 1 heterocycles. The maximum absolute atomic E-state index is 4.48. The molecule has 2 nitrogen and oxygen atoms in total. The summed E-state index contributed by atoms with van der Waals surface area (Å²) in [6, 6.07) is 0. The minimum Gasteiger partial charge on any atom is -0.326 e. The highest BCUT2D eigenvalue weighted by atomic mass is 32.2. The van der Waals surface area contributed by atoms with E-state index in [2.05, 4.69) is 44.3 Å². The number of thioether (sulfide) groups is 1. The van der Waals surface area contributed by atoms with Crippen molar-refractivity contribution in [2.24, 2.45) is 13.0 Å². The molecule has 0 spiro atoms. The molecule has 0 fully saturated rings. The van der Waals surface area contributed by atoms with E-state index in [0.29, 0.717) is 5.92 Å². The second-order valence-electron chi connectivity index (χ2n) is 5.06. The minimum absolute atomic E-state index is 0.558. The molecule has 16 heavy (non-hydrogen) atoms. The van der Waals surface area contributed by atoms with Gasteiger partial charge in [0.15, 0.2) is 5.16 Å². The van der Waals surface area contributed by atoms with Gasteiger partial charge in [0.1, 0.15) is 0 Å². The average Bonchev–Trinajstić information content (AvgIpc) is 2.54. The quantitative estimate of drug-likeness (QED) is 0.551. The molecule has 0 saturated carbocycles. The maximum Gasteiger partial charge on any atom is 0.167 e. The van der Waals surface area contributed by atoms with E-state index in [0.717, 1.165) is 11.1 Å². The molecule has 0 unspecified atom stereocenters. The van der Waals surface area contributed by atoms with E-state index in [1.807, 2.05) is 18.0 Å². The van der Waals surface area contributed by atoms with Crippen LogP contribution >= 0.6 is 11.8 Å². The van der Waals surface area contributed by atoms with Crippen LogP contribution in [0.25, 0.3) is 0 Å². The highest BCUT2D eigenvalue weighted by Gasteiger charge is 2.09. The zero-order chi connectivity index (χ0) is 12.1. The van der Waals surface area contributed by atoms with Crippen molar-refractivity contribution in [1.29, 1.82) is 0 Å². The summed E-state index contributed by atoms with van der Waals surface area (Å²) in [5, 5.41) is 1.16. The van der Waals surface area contributed by atoms with Crippen LogP contribution < -0.4 is 0 Å². The lowest BCUT2D eigenvalue weighted by atomic mass is 10.1. The maximum atomic E-state index is 4.48. The van der Waals surface area contributed by atoms with Gasteiger partial charge in [-0.1, -0.05) is 45.9 Å². The SMILES string of the molecule is CC(C)CCCSc1ncc(C(C)C)n1C. The van der Waals surface area contributed by atoms with Gasteiger partial charge in [-0.2, -0.15) is 0 Å². The average molecular weight is 240 g/mol. The monoisotopic (exact) mass is 240 g/mol. The number of hydrogen-bond donors (Lipinski definition) is 0. The topological polar surface area (TPSA) is 17.8 Å². The van der Waals surface area contributed by atoms with Gasteiger partial charge in [-0.25, -0.2) is 4.98 Å². The van der Waals surface area contributed by atoms with Crippen LogP contribution in [0.3, 0.4) is 0 Å². The third kappa shape index (κ3) is 3.85. The molecule has 0 radical (unpaired) electrons. The molecule has 0 amide bonds. The fourth-order valence-electron chi connectivity index (χ4n) is 1.73. The molecule has 1 aromatic rings. The van der Waals surface area contributed by atoms with Crippen LogP contribution in [0, 0.1) is 5.92 Å². The summed E-state index contributed by atoms with van der Waals surface area (Å²) < 4.78 is 2.23. The summed E-state index contributed by atoms with van der Waals surface area (Å²) >= 11 is 1.88. The molecular formula is C13H24N2S. The molecule has 0 bridgehead atoms. The van der Waals surface area contributed by atoms with Crippen molar-refractivity contribution in [1.82, 2.24) is 9.55 Å². The molecule has 0 atom stereocenters. The Labute approximate surface area is 104 Å². The van der Waals surface area contributed by atoms with Gasteiger partial charge in [0, 0.05) is 24.7 Å². The highest BCUT2D eigenvalue weighted by molar-refractivity contribution is 7.99. The van der Waals surface area contributed by atoms with Crippen molar-refractivity contribution in [2.75, 3.05) is 5.75 Å². The first-order valence-corrected chi connectivity index (χ1v) is 7.15. The van der Waals surface area contributed by atoms with Crippen LogP contribution in [-0.4, -0.2) is 15.3 Å². The van der Waals surface area contributed by atoms with Crippen LogP contribution in [0.4, 0.5) is 0 Å². The smallest absolute Gasteiger partial charge is 0.167 e. The number of imidazole rings is 1. The zero-order valence-corrected chi connectivity index (χ0v) is 12.0. The largest absolute Gasteiger partial charge is 0.326 e. The van der Waals surface area contributed by atoms with Gasteiger partial charge in [-0.3, -0.25) is 0 Å². The molecule has 0 aliphatic carbocycles. The van der Waals surface area contributed by atoms with Gasteiger partial charge in [-0.05, 0) is 18.3 Å². The predicted molar refractivity (Wildman–Crippen MR) is 72.1 cm³/mol. The van der Waals surface area contributed by atoms with Crippen LogP contribution in [0.1, 0.15) is 52.1 Å². The Morgan fingerprint density at radius 1 is 1.31 bits per heavy atom. The first kappa shape index (κ1) is 13.6. The van der Waals surface area contributed by atoms with E-state index >= 15 is 0 Å². The van der Waals surface area contributed by atoms with Crippen molar-refractivity contribution in [3.8, 4) is 0 Å².